The van der Waals surface area contributed by atoms with Gasteiger partial charge in [0.1, 0.15) is 0 Å². The minimum Gasteiger partial charge on any atom is -0.256 e. The lowest BCUT2D eigenvalue weighted by Gasteiger charge is -2.22. The smallest absolute Gasteiger partial charge is 0.256 e. The molecule has 1 aliphatic rings. The van der Waals surface area contributed by atoms with Gasteiger partial charge in [0.25, 0.3) is 0 Å². The number of hydrogen-bond acceptors (Lipinski definition) is 2. The molecule has 0 spiro atoms. The van der Waals surface area contributed by atoms with Crippen molar-refractivity contribution in [3.63, 3.8) is 0 Å². The molecular formula is C12H18N2O2S. The molecule has 0 aromatic heterocycles. The molecule has 0 bridgehead atoms. The molecule has 0 N–H and O–H groups in total. The summed E-state index contributed by atoms with van der Waals surface area (Å²) in [5.41, 5.74) is 1.89. The van der Waals surface area contributed by atoms with Crippen LogP contribution in [0.15, 0.2) is 24.3 Å². The minimum atomic E-state index is -3.31. The number of benzene rings is 1. The zero-order valence-electron chi connectivity index (χ0n) is 10.4. The molecular weight excluding hydrogens is 236 g/mol. The predicted molar refractivity (Wildman–Crippen MR) is 69.4 cm³/mol. The van der Waals surface area contributed by atoms with Gasteiger partial charge in [0.2, 0.25) is 0 Å². The maximum Gasteiger partial charge on any atom is 0.303 e. The van der Waals surface area contributed by atoms with E-state index in [-0.39, 0.29) is 0 Å². The third-order valence-electron chi connectivity index (χ3n) is 3.12. The monoisotopic (exact) mass is 254 g/mol. The zero-order chi connectivity index (χ0) is 12.6. The fraction of sp³-hybridized carbons (Fsp3) is 0.500. The SMILES string of the molecule is CC(C)c1ccccc1N1CCN(C)S1(=O)=O. The summed E-state index contributed by atoms with van der Waals surface area (Å²) in [4.78, 5) is 0. The average Bonchev–Trinajstić information content (AvgIpc) is 2.54. The van der Waals surface area contributed by atoms with E-state index in [9.17, 15) is 8.42 Å². The fourth-order valence-corrected chi connectivity index (χ4v) is 3.45. The van der Waals surface area contributed by atoms with E-state index in [4.69, 9.17) is 0 Å². The van der Waals surface area contributed by atoms with Crippen molar-refractivity contribution in [2.45, 2.75) is 19.8 Å². The molecule has 4 nitrogen and oxygen atoms in total. The second-order valence-electron chi connectivity index (χ2n) is 4.61. The Bertz CT molecular complexity index is 511. The van der Waals surface area contributed by atoms with Crippen LogP contribution in [0.4, 0.5) is 5.69 Å². The van der Waals surface area contributed by atoms with Crippen LogP contribution in [-0.2, 0) is 10.2 Å². The summed E-state index contributed by atoms with van der Waals surface area (Å²) < 4.78 is 27.1. The number of rotatable bonds is 2. The molecule has 1 aliphatic heterocycles. The summed E-state index contributed by atoms with van der Waals surface area (Å²) >= 11 is 0. The summed E-state index contributed by atoms with van der Waals surface area (Å²) in [6.07, 6.45) is 0. The van der Waals surface area contributed by atoms with Gasteiger partial charge >= 0.3 is 10.2 Å². The molecule has 1 saturated heterocycles. The Morgan fingerprint density at radius 3 is 2.35 bits per heavy atom. The lowest BCUT2D eigenvalue weighted by atomic mass is 10.0. The normalized spacial score (nSPS) is 20.1. The molecule has 0 atom stereocenters. The van der Waals surface area contributed by atoms with E-state index in [0.29, 0.717) is 19.0 Å². The number of para-hydroxylation sites is 1. The highest BCUT2D eigenvalue weighted by molar-refractivity contribution is 7.90. The van der Waals surface area contributed by atoms with Crippen molar-refractivity contribution in [2.75, 3.05) is 24.4 Å². The summed E-state index contributed by atoms with van der Waals surface area (Å²) in [6, 6.07) is 7.71. The number of likely N-dealkylation sites (N-methyl/N-ethyl adjacent to an activating group) is 1. The molecule has 0 unspecified atom stereocenters. The van der Waals surface area contributed by atoms with Gasteiger partial charge in [0.05, 0.1) is 5.69 Å². The van der Waals surface area contributed by atoms with E-state index < -0.39 is 10.2 Å². The topological polar surface area (TPSA) is 40.6 Å². The van der Waals surface area contributed by atoms with E-state index in [1.165, 1.54) is 8.61 Å². The summed E-state index contributed by atoms with van der Waals surface area (Å²) in [7, 11) is -1.69. The lowest BCUT2D eigenvalue weighted by molar-refractivity contribution is 0.511. The van der Waals surface area contributed by atoms with Crippen molar-refractivity contribution >= 4 is 15.9 Å². The average molecular weight is 254 g/mol. The van der Waals surface area contributed by atoms with Gasteiger partial charge in [-0.1, -0.05) is 32.0 Å². The van der Waals surface area contributed by atoms with Crippen molar-refractivity contribution in [2.24, 2.45) is 0 Å². The molecule has 0 saturated carbocycles. The van der Waals surface area contributed by atoms with Crippen LogP contribution in [0.5, 0.6) is 0 Å². The van der Waals surface area contributed by atoms with Crippen LogP contribution in [0.1, 0.15) is 25.3 Å². The molecule has 0 radical (unpaired) electrons. The molecule has 2 rings (SSSR count). The van der Waals surface area contributed by atoms with Crippen molar-refractivity contribution in [3.05, 3.63) is 29.8 Å². The van der Waals surface area contributed by atoms with Gasteiger partial charge in [-0.25, -0.2) is 0 Å². The Balaban J connectivity index is 2.49. The second-order valence-corrected chi connectivity index (χ2v) is 6.57. The van der Waals surface area contributed by atoms with Gasteiger partial charge in [-0.05, 0) is 17.5 Å². The van der Waals surface area contributed by atoms with Gasteiger partial charge in [-0.2, -0.15) is 12.7 Å². The summed E-state index contributed by atoms with van der Waals surface area (Å²) in [5, 5.41) is 0. The Kier molecular flexibility index (Phi) is 3.14. The van der Waals surface area contributed by atoms with Crippen molar-refractivity contribution < 1.29 is 8.42 Å². The lowest BCUT2D eigenvalue weighted by Crippen LogP contribution is -2.31. The molecule has 0 aliphatic carbocycles. The highest BCUT2D eigenvalue weighted by Gasteiger charge is 2.34. The van der Waals surface area contributed by atoms with E-state index in [2.05, 4.69) is 13.8 Å². The molecule has 94 valence electrons. The third kappa shape index (κ3) is 2.05. The Hall–Kier alpha value is -1.07. The number of nitrogens with zero attached hydrogens (tertiary/aromatic N) is 2. The summed E-state index contributed by atoms with van der Waals surface area (Å²) in [5.74, 6) is 0.312. The van der Waals surface area contributed by atoms with Gasteiger partial charge in [-0.3, -0.25) is 4.31 Å². The predicted octanol–water partition coefficient (Wildman–Crippen LogP) is 1.81. The maximum atomic E-state index is 12.1. The van der Waals surface area contributed by atoms with E-state index in [0.717, 1.165) is 11.3 Å². The van der Waals surface area contributed by atoms with Crippen LogP contribution in [0.25, 0.3) is 0 Å². The molecule has 1 aromatic carbocycles. The van der Waals surface area contributed by atoms with Crippen molar-refractivity contribution in [1.82, 2.24) is 4.31 Å². The van der Waals surface area contributed by atoms with Crippen LogP contribution in [-0.4, -0.2) is 32.9 Å². The van der Waals surface area contributed by atoms with Gasteiger partial charge in [0, 0.05) is 20.1 Å². The first-order valence-electron chi connectivity index (χ1n) is 5.77. The Morgan fingerprint density at radius 1 is 1.18 bits per heavy atom. The highest BCUT2D eigenvalue weighted by atomic mass is 32.2. The quantitative estimate of drug-likeness (QED) is 0.807. The Morgan fingerprint density at radius 2 is 1.82 bits per heavy atom. The molecule has 1 fully saturated rings. The first-order valence-corrected chi connectivity index (χ1v) is 7.17. The summed E-state index contributed by atoms with van der Waals surface area (Å²) in [6.45, 7) is 5.23. The molecule has 1 heterocycles. The van der Waals surface area contributed by atoms with Gasteiger partial charge < -0.3 is 0 Å². The van der Waals surface area contributed by atoms with Crippen LogP contribution in [0.3, 0.4) is 0 Å². The number of anilines is 1. The second kappa shape index (κ2) is 4.31. The molecule has 0 amide bonds. The molecule has 5 heteroatoms. The molecule has 1 aromatic rings. The van der Waals surface area contributed by atoms with Gasteiger partial charge in [0.15, 0.2) is 0 Å². The minimum absolute atomic E-state index is 0.312. The Labute approximate surface area is 103 Å². The largest absolute Gasteiger partial charge is 0.303 e. The van der Waals surface area contributed by atoms with E-state index in [1.54, 1.807) is 7.05 Å². The van der Waals surface area contributed by atoms with Crippen LogP contribution < -0.4 is 4.31 Å². The van der Waals surface area contributed by atoms with Crippen molar-refractivity contribution in [1.29, 1.82) is 0 Å². The zero-order valence-corrected chi connectivity index (χ0v) is 11.2. The van der Waals surface area contributed by atoms with Crippen LogP contribution in [0.2, 0.25) is 0 Å². The first-order chi connectivity index (χ1) is 7.94. The maximum absolute atomic E-state index is 12.1. The number of hydrogen-bond donors (Lipinski definition) is 0. The molecule has 17 heavy (non-hydrogen) atoms. The standard InChI is InChI=1S/C12H18N2O2S/c1-10(2)11-6-4-5-7-12(11)14-9-8-13(3)17(14,15)16/h4-7,10H,8-9H2,1-3H3. The highest BCUT2D eigenvalue weighted by Crippen LogP contribution is 2.31. The first kappa shape index (κ1) is 12.4. The van der Waals surface area contributed by atoms with Crippen molar-refractivity contribution in [3.8, 4) is 0 Å². The van der Waals surface area contributed by atoms with Crippen LogP contribution >= 0.6 is 0 Å². The van der Waals surface area contributed by atoms with Gasteiger partial charge in [-0.15, -0.1) is 0 Å². The fourth-order valence-electron chi connectivity index (χ4n) is 2.08. The van der Waals surface area contributed by atoms with E-state index >= 15 is 0 Å². The van der Waals surface area contributed by atoms with E-state index in [1.807, 2.05) is 24.3 Å². The third-order valence-corrected chi connectivity index (χ3v) is 5.02. The van der Waals surface area contributed by atoms with Crippen LogP contribution in [0, 0.1) is 0 Å².